The second-order valence-electron chi connectivity index (χ2n) is 7.17. The first kappa shape index (κ1) is 14.1. The van der Waals surface area contributed by atoms with Gasteiger partial charge in [-0.1, -0.05) is 6.42 Å². The van der Waals surface area contributed by atoms with Gasteiger partial charge in [-0.15, -0.1) is 0 Å². The Bertz CT molecular complexity index is 507. The molecule has 1 aromatic rings. The van der Waals surface area contributed by atoms with Gasteiger partial charge in [-0.3, -0.25) is 4.98 Å². The Hall–Kier alpha value is -0.865. The summed E-state index contributed by atoms with van der Waals surface area (Å²) < 4.78 is 12.4. The minimum absolute atomic E-state index is 0.266. The van der Waals surface area contributed by atoms with Crippen molar-refractivity contribution >= 4 is 12.6 Å². The van der Waals surface area contributed by atoms with E-state index in [1.165, 1.54) is 30.3 Å². The second kappa shape index (κ2) is 4.57. The molecule has 4 heteroatoms. The summed E-state index contributed by atoms with van der Waals surface area (Å²) in [6, 6.07) is 2.13. The first-order valence-corrected chi connectivity index (χ1v) is 7.62. The van der Waals surface area contributed by atoms with Crippen LogP contribution in [0.1, 0.15) is 64.1 Å². The van der Waals surface area contributed by atoms with Crippen molar-refractivity contribution in [3.8, 4) is 0 Å². The van der Waals surface area contributed by atoms with Crippen LogP contribution < -0.4 is 5.46 Å². The summed E-state index contributed by atoms with van der Waals surface area (Å²) in [5, 5.41) is 0. The number of pyridine rings is 1. The smallest absolute Gasteiger partial charge is 0.399 e. The molecule has 0 unspecified atom stereocenters. The van der Waals surface area contributed by atoms with E-state index in [4.69, 9.17) is 9.31 Å². The minimum Gasteiger partial charge on any atom is -0.399 e. The van der Waals surface area contributed by atoms with E-state index in [2.05, 4.69) is 38.7 Å². The van der Waals surface area contributed by atoms with Gasteiger partial charge in [0.15, 0.2) is 0 Å². The maximum absolute atomic E-state index is 6.21. The zero-order valence-electron chi connectivity index (χ0n) is 13.2. The van der Waals surface area contributed by atoms with Crippen molar-refractivity contribution in [3.05, 3.63) is 23.5 Å². The summed E-state index contributed by atoms with van der Waals surface area (Å²) in [7, 11) is -0.266. The molecule has 0 aromatic carbocycles. The maximum Gasteiger partial charge on any atom is 0.495 e. The van der Waals surface area contributed by atoms with Crippen LogP contribution >= 0.6 is 0 Å². The largest absolute Gasteiger partial charge is 0.495 e. The van der Waals surface area contributed by atoms with Gasteiger partial charge in [0, 0.05) is 11.9 Å². The molecule has 0 amide bonds. The summed E-state index contributed by atoms with van der Waals surface area (Å²) in [6.45, 7) is 10.4. The van der Waals surface area contributed by atoms with Crippen LogP contribution in [-0.2, 0) is 9.31 Å². The van der Waals surface area contributed by atoms with Crippen molar-refractivity contribution < 1.29 is 9.31 Å². The van der Waals surface area contributed by atoms with Gasteiger partial charge in [-0.25, -0.2) is 0 Å². The topological polar surface area (TPSA) is 31.4 Å². The molecule has 3 nitrogen and oxygen atoms in total. The van der Waals surface area contributed by atoms with Crippen LogP contribution in [0.2, 0.25) is 0 Å². The third-order valence-electron chi connectivity index (χ3n) is 5.16. The van der Waals surface area contributed by atoms with E-state index in [1.807, 2.05) is 13.1 Å². The fourth-order valence-electron chi connectivity index (χ4n) is 2.83. The van der Waals surface area contributed by atoms with E-state index in [0.717, 1.165) is 5.69 Å². The summed E-state index contributed by atoms with van der Waals surface area (Å²) >= 11 is 0. The van der Waals surface area contributed by atoms with Crippen molar-refractivity contribution in [1.82, 2.24) is 4.98 Å². The molecule has 0 bridgehead atoms. The van der Waals surface area contributed by atoms with Crippen LogP contribution in [0.3, 0.4) is 0 Å². The molecule has 0 spiro atoms. The molecular weight excluding hydrogens is 249 g/mol. The molecule has 1 saturated carbocycles. The first-order chi connectivity index (χ1) is 9.30. The third kappa shape index (κ3) is 2.19. The van der Waals surface area contributed by atoms with Crippen LogP contribution in [0.5, 0.6) is 0 Å². The predicted octanol–water partition coefficient (Wildman–Crippen LogP) is 2.96. The summed E-state index contributed by atoms with van der Waals surface area (Å²) in [4.78, 5) is 4.48. The van der Waals surface area contributed by atoms with Gasteiger partial charge in [0.1, 0.15) is 0 Å². The Labute approximate surface area is 122 Å². The quantitative estimate of drug-likeness (QED) is 0.776. The Morgan fingerprint density at radius 2 is 1.75 bits per heavy atom. The highest BCUT2D eigenvalue weighted by atomic mass is 16.7. The zero-order valence-corrected chi connectivity index (χ0v) is 13.2. The predicted molar refractivity (Wildman–Crippen MR) is 81.3 cm³/mol. The van der Waals surface area contributed by atoms with E-state index in [0.29, 0.717) is 5.92 Å². The van der Waals surface area contributed by atoms with Gasteiger partial charge in [0.05, 0.1) is 11.2 Å². The molecule has 0 atom stereocenters. The third-order valence-corrected chi connectivity index (χ3v) is 5.16. The van der Waals surface area contributed by atoms with Crippen LogP contribution in [0, 0.1) is 6.92 Å². The zero-order chi connectivity index (χ0) is 14.5. The molecule has 2 fully saturated rings. The average molecular weight is 273 g/mol. The molecule has 0 N–H and O–H groups in total. The highest BCUT2D eigenvalue weighted by molar-refractivity contribution is 6.62. The van der Waals surface area contributed by atoms with E-state index in [1.54, 1.807) is 0 Å². The fraction of sp³-hybridized carbons (Fsp3) is 0.688. The Balaban J connectivity index is 1.96. The SMILES string of the molecule is Cc1cc(B2OC(C)(C)C(C)(C)O2)c(C2CCC2)cn1. The number of rotatable bonds is 2. The van der Waals surface area contributed by atoms with Crippen molar-refractivity contribution in [3.63, 3.8) is 0 Å². The lowest BCUT2D eigenvalue weighted by Crippen LogP contribution is -2.41. The number of hydrogen-bond acceptors (Lipinski definition) is 3. The molecule has 1 saturated heterocycles. The molecule has 1 aliphatic carbocycles. The molecule has 20 heavy (non-hydrogen) atoms. The van der Waals surface area contributed by atoms with E-state index >= 15 is 0 Å². The Kier molecular flexibility index (Phi) is 3.22. The Morgan fingerprint density at radius 3 is 2.25 bits per heavy atom. The number of hydrogen-bond donors (Lipinski definition) is 0. The van der Waals surface area contributed by atoms with Crippen LogP contribution in [0.25, 0.3) is 0 Å². The van der Waals surface area contributed by atoms with Gasteiger partial charge in [0.25, 0.3) is 0 Å². The lowest BCUT2D eigenvalue weighted by molar-refractivity contribution is 0.00578. The van der Waals surface area contributed by atoms with Crippen molar-refractivity contribution in [2.75, 3.05) is 0 Å². The average Bonchev–Trinajstić information content (AvgIpc) is 2.48. The summed E-state index contributed by atoms with van der Waals surface area (Å²) in [6.07, 6.45) is 5.87. The van der Waals surface area contributed by atoms with Gasteiger partial charge in [-0.2, -0.15) is 0 Å². The molecule has 2 aliphatic rings. The molecule has 1 aromatic heterocycles. The molecule has 0 radical (unpaired) electrons. The van der Waals surface area contributed by atoms with Gasteiger partial charge in [0.2, 0.25) is 0 Å². The Morgan fingerprint density at radius 1 is 1.15 bits per heavy atom. The lowest BCUT2D eigenvalue weighted by Gasteiger charge is -2.32. The molecule has 108 valence electrons. The second-order valence-corrected chi connectivity index (χ2v) is 7.17. The highest BCUT2D eigenvalue weighted by Crippen LogP contribution is 2.39. The number of aromatic nitrogens is 1. The number of nitrogens with zero attached hydrogens (tertiary/aromatic N) is 1. The van der Waals surface area contributed by atoms with Gasteiger partial charge >= 0.3 is 7.12 Å². The molecular formula is C16H24BNO2. The summed E-state index contributed by atoms with van der Waals surface area (Å²) in [5.41, 5.74) is 2.95. The lowest BCUT2D eigenvalue weighted by atomic mass is 9.69. The number of aryl methyl sites for hydroxylation is 1. The van der Waals surface area contributed by atoms with Crippen LogP contribution in [-0.4, -0.2) is 23.3 Å². The monoisotopic (exact) mass is 273 g/mol. The molecule has 1 aliphatic heterocycles. The first-order valence-electron chi connectivity index (χ1n) is 7.62. The summed E-state index contributed by atoms with van der Waals surface area (Å²) in [5.74, 6) is 0.636. The van der Waals surface area contributed by atoms with E-state index in [-0.39, 0.29) is 18.3 Å². The van der Waals surface area contributed by atoms with Crippen LogP contribution in [0.15, 0.2) is 12.3 Å². The van der Waals surface area contributed by atoms with E-state index in [9.17, 15) is 0 Å². The van der Waals surface area contributed by atoms with Crippen LogP contribution in [0.4, 0.5) is 0 Å². The minimum atomic E-state index is -0.286. The molecule has 3 rings (SSSR count). The maximum atomic E-state index is 6.21. The standard InChI is InChI=1S/C16H24BNO2/c1-11-9-14(13(10-18-11)12-7-6-8-12)17-19-15(2,3)16(4,5)20-17/h9-10,12H,6-8H2,1-5H3. The molecule has 2 heterocycles. The normalized spacial score (nSPS) is 24.8. The van der Waals surface area contributed by atoms with Crippen molar-refractivity contribution in [1.29, 1.82) is 0 Å². The van der Waals surface area contributed by atoms with Gasteiger partial charge < -0.3 is 9.31 Å². The fourth-order valence-corrected chi connectivity index (χ4v) is 2.83. The van der Waals surface area contributed by atoms with Crippen molar-refractivity contribution in [2.24, 2.45) is 0 Å². The van der Waals surface area contributed by atoms with E-state index < -0.39 is 0 Å². The highest BCUT2D eigenvalue weighted by Gasteiger charge is 2.52. The van der Waals surface area contributed by atoms with Crippen molar-refractivity contribution in [2.45, 2.75) is 71.0 Å². The van der Waals surface area contributed by atoms with Gasteiger partial charge in [-0.05, 0) is 70.5 Å².